The van der Waals surface area contributed by atoms with Gasteiger partial charge in [-0.25, -0.2) is 13.1 Å². The molecule has 2 heterocycles. The summed E-state index contributed by atoms with van der Waals surface area (Å²) in [4.78, 5) is 25.6. The number of methoxy groups -OCH3 is 1. The van der Waals surface area contributed by atoms with Gasteiger partial charge in [-0.1, -0.05) is 31.9 Å². The van der Waals surface area contributed by atoms with Crippen molar-refractivity contribution in [1.82, 2.24) is 9.29 Å². The molecule has 6 rings (SSSR count). The van der Waals surface area contributed by atoms with Crippen LogP contribution in [0, 0.1) is 5.41 Å². The van der Waals surface area contributed by atoms with Crippen LogP contribution in [0.2, 0.25) is 0 Å². The number of aromatic nitrogens is 1. The van der Waals surface area contributed by atoms with Crippen molar-refractivity contribution in [3.8, 4) is 17.0 Å². The topological polar surface area (TPSA) is 115 Å². The molecule has 1 amide bonds. The second-order valence-electron chi connectivity index (χ2n) is 11.2. The summed E-state index contributed by atoms with van der Waals surface area (Å²) in [5.41, 5.74) is 4.19. The Balaban J connectivity index is 1.61. The van der Waals surface area contributed by atoms with E-state index < -0.39 is 27.3 Å². The van der Waals surface area contributed by atoms with Gasteiger partial charge >= 0.3 is 5.97 Å². The second-order valence-corrected chi connectivity index (χ2v) is 13.1. The quantitative estimate of drug-likeness (QED) is 0.419. The Morgan fingerprint density at radius 2 is 1.87 bits per heavy atom. The number of aliphatic carboxylic acids is 1. The molecule has 2 saturated carbocycles. The first-order chi connectivity index (χ1) is 18.6. The largest absolute Gasteiger partial charge is 0.497 e. The number of benzene rings is 2. The van der Waals surface area contributed by atoms with E-state index in [0.717, 1.165) is 53.4 Å². The van der Waals surface area contributed by atoms with Gasteiger partial charge < -0.3 is 14.4 Å². The average Bonchev–Trinajstić information content (AvgIpc) is 3.59. The maximum Gasteiger partial charge on any atom is 0.312 e. The summed E-state index contributed by atoms with van der Waals surface area (Å²) in [5.74, 6) is -0.712. The van der Waals surface area contributed by atoms with Crippen molar-refractivity contribution in [2.45, 2.75) is 63.8 Å². The number of carboxylic acids is 1. The zero-order valence-electron chi connectivity index (χ0n) is 22.1. The first-order valence-corrected chi connectivity index (χ1v) is 14.9. The van der Waals surface area contributed by atoms with Gasteiger partial charge in [-0.05, 0) is 73.6 Å². The maximum absolute atomic E-state index is 13.0. The fourth-order valence-electron chi connectivity index (χ4n) is 6.69. The molecule has 9 heteroatoms. The van der Waals surface area contributed by atoms with Crippen LogP contribution < -0.4 is 9.46 Å². The second kappa shape index (κ2) is 8.98. The molecule has 2 fully saturated rings. The molecule has 2 atom stereocenters. The van der Waals surface area contributed by atoms with Crippen LogP contribution in [-0.4, -0.2) is 37.1 Å². The van der Waals surface area contributed by atoms with Gasteiger partial charge in [-0.15, -0.1) is 0 Å². The number of hydrogen-bond donors (Lipinski definition) is 2. The molecular formula is C30H32N2O6S. The van der Waals surface area contributed by atoms with Crippen LogP contribution in [-0.2, 0) is 21.4 Å². The SMILES string of the molecule is C=C(C)S(=O)(=O)NC(=O)c1ccc2c(C3CCCCC3)c3n(c2c1)C[C@@]1(C(=O)O)C[C@H]1c1cc(OC)ccc1-3. The molecule has 0 bridgehead atoms. The smallest absolute Gasteiger partial charge is 0.312 e. The lowest BCUT2D eigenvalue weighted by Crippen LogP contribution is -2.30. The minimum atomic E-state index is -3.99. The normalized spacial score (nSPS) is 22.3. The highest BCUT2D eigenvalue weighted by Gasteiger charge is 2.63. The summed E-state index contributed by atoms with van der Waals surface area (Å²) in [6, 6.07) is 11.2. The molecule has 1 aromatic heterocycles. The van der Waals surface area contributed by atoms with E-state index in [0.29, 0.717) is 18.1 Å². The van der Waals surface area contributed by atoms with Crippen LogP contribution in [0.3, 0.4) is 0 Å². The van der Waals surface area contributed by atoms with Gasteiger partial charge in [0, 0.05) is 34.5 Å². The molecule has 2 aliphatic carbocycles. The molecule has 204 valence electrons. The van der Waals surface area contributed by atoms with E-state index in [1.807, 2.05) is 24.3 Å². The van der Waals surface area contributed by atoms with E-state index in [1.54, 1.807) is 19.2 Å². The van der Waals surface area contributed by atoms with E-state index >= 15 is 0 Å². The van der Waals surface area contributed by atoms with Gasteiger partial charge in [-0.3, -0.25) is 9.59 Å². The molecule has 3 aliphatic rings. The van der Waals surface area contributed by atoms with Crippen molar-refractivity contribution >= 4 is 32.8 Å². The molecular weight excluding hydrogens is 516 g/mol. The number of carbonyl (C=O) groups excluding carboxylic acids is 1. The van der Waals surface area contributed by atoms with Crippen molar-refractivity contribution in [3.63, 3.8) is 0 Å². The highest BCUT2D eigenvalue weighted by atomic mass is 32.2. The van der Waals surface area contributed by atoms with Gasteiger partial charge in [0.1, 0.15) is 5.75 Å². The van der Waals surface area contributed by atoms with Crippen molar-refractivity contribution in [1.29, 1.82) is 0 Å². The number of nitrogens with zero attached hydrogens (tertiary/aromatic N) is 1. The summed E-state index contributed by atoms with van der Waals surface area (Å²) in [5, 5.41) is 11.4. The summed E-state index contributed by atoms with van der Waals surface area (Å²) in [6.07, 6.45) is 6.08. The molecule has 0 radical (unpaired) electrons. The third-order valence-electron chi connectivity index (χ3n) is 8.90. The summed E-state index contributed by atoms with van der Waals surface area (Å²) in [7, 11) is -2.38. The zero-order valence-corrected chi connectivity index (χ0v) is 22.9. The van der Waals surface area contributed by atoms with E-state index in [1.165, 1.54) is 18.9 Å². The van der Waals surface area contributed by atoms with E-state index in [4.69, 9.17) is 4.74 Å². The lowest BCUT2D eigenvalue weighted by Gasteiger charge is -2.24. The summed E-state index contributed by atoms with van der Waals surface area (Å²) in [6.45, 7) is 5.05. The molecule has 0 spiro atoms. The highest BCUT2D eigenvalue weighted by molar-refractivity contribution is 7.93. The van der Waals surface area contributed by atoms with Gasteiger partial charge in [0.15, 0.2) is 0 Å². The van der Waals surface area contributed by atoms with Crippen LogP contribution in [0.1, 0.15) is 78.8 Å². The number of sulfonamides is 1. The molecule has 8 nitrogen and oxygen atoms in total. The number of carbonyl (C=O) groups is 2. The number of fused-ring (bicyclic) bond motifs is 7. The van der Waals surface area contributed by atoms with Crippen molar-refractivity contribution < 1.29 is 27.9 Å². The zero-order chi connectivity index (χ0) is 27.7. The predicted molar refractivity (Wildman–Crippen MR) is 148 cm³/mol. The molecule has 0 saturated heterocycles. The van der Waals surface area contributed by atoms with E-state index in [-0.39, 0.29) is 22.9 Å². The Bertz CT molecular complexity index is 1660. The van der Waals surface area contributed by atoms with Crippen molar-refractivity contribution in [2.75, 3.05) is 7.11 Å². The lowest BCUT2D eigenvalue weighted by atomic mass is 9.81. The first kappa shape index (κ1) is 25.7. The fourth-order valence-corrected chi connectivity index (χ4v) is 7.23. The predicted octanol–water partition coefficient (Wildman–Crippen LogP) is 5.53. The number of allylic oxidation sites excluding steroid dienone is 1. The molecule has 1 aliphatic heterocycles. The summed E-state index contributed by atoms with van der Waals surface area (Å²) < 4.78 is 34.3. The summed E-state index contributed by atoms with van der Waals surface area (Å²) >= 11 is 0. The first-order valence-electron chi connectivity index (χ1n) is 13.4. The third kappa shape index (κ3) is 3.97. The monoisotopic (exact) mass is 548 g/mol. The number of hydrogen-bond acceptors (Lipinski definition) is 5. The number of amides is 1. The number of rotatable bonds is 6. The third-order valence-corrected chi connectivity index (χ3v) is 10.3. The minimum Gasteiger partial charge on any atom is -0.497 e. The van der Waals surface area contributed by atoms with E-state index in [2.05, 4.69) is 15.9 Å². The van der Waals surface area contributed by atoms with Crippen LogP contribution in [0.5, 0.6) is 5.75 Å². The molecule has 2 aromatic carbocycles. The Kier molecular flexibility index (Phi) is 5.91. The van der Waals surface area contributed by atoms with Crippen molar-refractivity contribution in [2.24, 2.45) is 5.41 Å². The fraction of sp³-hybridized carbons (Fsp3) is 0.400. The number of nitrogens with one attached hydrogen (secondary N) is 1. The molecule has 0 unspecified atom stereocenters. The number of carboxylic acid groups (broad SMARTS) is 1. The average molecular weight is 549 g/mol. The van der Waals surface area contributed by atoms with Crippen molar-refractivity contribution in [3.05, 3.63) is 64.6 Å². The molecule has 39 heavy (non-hydrogen) atoms. The minimum absolute atomic E-state index is 0.138. The van der Waals surface area contributed by atoms with Gasteiger partial charge in [0.2, 0.25) is 0 Å². The highest BCUT2D eigenvalue weighted by Crippen LogP contribution is 2.65. The lowest BCUT2D eigenvalue weighted by molar-refractivity contribution is -0.144. The Morgan fingerprint density at radius 3 is 2.54 bits per heavy atom. The Labute approximate surface area is 227 Å². The van der Waals surface area contributed by atoms with Crippen LogP contribution in [0.4, 0.5) is 0 Å². The van der Waals surface area contributed by atoms with Gasteiger partial charge in [0.05, 0.1) is 23.1 Å². The standard InChI is InChI=1S/C30H32N2O6S/c1-17(2)39(36,37)31-28(33)19-9-11-22-25(13-19)32-16-30(29(34)35)15-24(30)23-14-20(38-3)10-12-21(23)27(32)26(22)18-7-5-4-6-8-18/h9-14,18,24H,1,4-8,15-16H2,2-3H3,(H,31,33)(H,34,35)/t24-,30-/m0/s1. The number of ether oxygens (including phenoxy) is 1. The molecule has 3 aromatic rings. The van der Waals surface area contributed by atoms with Gasteiger partial charge in [-0.2, -0.15) is 0 Å². The van der Waals surface area contributed by atoms with E-state index in [9.17, 15) is 23.1 Å². The molecule has 2 N–H and O–H groups in total. The van der Waals surface area contributed by atoms with Crippen LogP contribution in [0.15, 0.2) is 47.9 Å². The maximum atomic E-state index is 13.0. The Hall–Kier alpha value is -3.59. The van der Waals surface area contributed by atoms with Crippen LogP contribution in [0.25, 0.3) is 22.2 Å². The van der Waals surface area contributed by atoms with Crippen LogP contribution >= 0.6 is 0 Å². The van der Waals surface area contributed by atoms with Gasteiger partial charge in [0.25, 0.3) is 15.9 Å². The Morgan fingerprint density at radius 1 is 1.13 bits per heavy atom.